The summed E-state index contributed by atoms with van der Waals surface area (Å²) in [4.78, 5) is 26.6. The monoisotopic (exact) mass is 292 g/mol. The molecule has 0 unspecified atom stereocenters. The molecule has 5 heteroatoms. The molecule has 0 atom stereocenters. The van der Waals surface area contributed by atoms with Crippen LogP contribution in [0.25, 0.3) is 0 Å². The van der Waals surface area contributed by atoms with E-state index >= 15 is 0 Å². The molecule has 0 radical (unpaired) electrons. The molecule has 0 heterocycles. The van der Waals surface area contributed by atoms with Gasteiger partial charge in [-0.25, -0.2) is 0 Å². The molecule has 0 fully saturated rings. The van der Waals surface area contributed by atoms with Gasteiger partial charge in [0.15, 0.2) is 0 Å². The van der Waals surface area contributed by atoms with Crippen LogP contribution in [0.4, 0.5) is 0 Å². The summed E-state index contributed by atoms with van der Waals surface area (Å²) in [5.41, 5.74) is 1.08. The molecular formula is C16H24N2O3. The van der Waals surface area contributed by atoms with Gasteiger partial charge in [0.2, 0.25) is 5.91 Å². The molecule has 1 N–H and O–H groups in total. The van der Waals surface area contributed by atoms with Gasteiger partial charge in [-0.1, -0.05) is 30.3 Å². The first-order valence-electron chi connectivity index (χ1n) is 7.32. The lowest BCUT2D eigenvalue weighted by atomic mass is 10.2. The molecule has 21 heavy (non-hydrogen) atoms. The Bertz CT molecular complexity index is 444. The number of carbonyl (C=O) groups excluding carboxylic acids is 1. The average molecular weight is 292 g/mol. The summed E-state index contributed by atoms with van der Waals surface area (Å²) >= 11 is 0. The van der Waals surface area contributed by atoms with E-state index in [1.807, 2.05) is 49.1 Å². The number of benzene rings is 1. The van der Waals surface area contributed by atoms with Crippen molar-refractivity contribution >= 4 is 11.9 Å². The molecule has 0 saturated carbocycles. The largest absolute Gasteiger partial charge is 0.481 e. The maximum absolute atomic E-state index is 12.2. The number of rotatable bonds is 9. The maximum atomic E-state index is 12.2. The van der Waals surface area contributed by atoms with Gasteiger partial charge in [0, 0.05) is 26.2 Å². The van der Waals surface area contributed by atoms with E-state index < -0.39 is 5.97 Å². The predicted molar refractivity (Wildman–Crippen MR) is 81.9 cm³/mol. The summed E-state index contributed by atoms with van der Waals surface area (Å²) < 4.78 is 0. The second kappa shape index (κ2) is 9.13. The van der Waals surface area contributed by atoms with Gasteiger partial charge in [0.1, 0.15) is 0 Å². The molecule has 0 bridgehead atoms. The molecule has 0 aliphatic carbocycles. The first-order valence-corrected chi connectivity index (χ1v) is 7.32. The Morgan fingerprint density at radius 2 is 1.71 bits per heavy atom. The van der Waals surface area contributed by atoms with E-state index in [1.54, 1.807) is 4.90 Å². The molecule has 5 nitrogen and oxygen atoms in total. The van der Waals surface area contributed by atoms with E-state index in [-0.39, 0.29) is 18.9 Å². The van der Waals surface area contributed by atoms with Crippen molar-refractivity contribution in [2.45, 2.75) is 26.8 Å². The quantitative estimate of drug-likeness (QED) is 0.754. The first kappa shape index (κ1) is 17.2. The first-order chi connectivity index (χ1) is 10.1. The van der Waals surface area contributed by atoms with Crippen LogP contribution in [0.5, 0.6) is 0 Å². The minimum absolute atomic E-state index is 0.0400. The highest BCUT2D eigenvalue weighted by Crippen LogP contribution is 2.06. The molecule has 1 rings (SSSR count). The third-order valence-electron chi connectivity index (χ3n) is 3.37. The standard InChI is InChI=1S/C16H24N2O3/c1-3-18(4-2)15(19)13-17(11-10-16(20)21)12-14-8-6-5-7-9-14/h5-9H,3-4,10-13H2,1-2H3,(H,20,21). The highest BCUT2D eigenvalue weighted by molar-refractivity contribution is 5.78. The Balaban J connectivity index is 2.67. The second-order valence-corrected chi connectivity index (χ2v) is 4.91. The molecule has 116 valence electrons. The molecule has 1 amide bonds. The van der Waals surface area contributed by atoms with Crippen molar-refractivity contribution in [1.29, 1.82) is 0 Å². The fraction of sp³-hybridized carbons (Fsp3) is 0.500. The van der Waals surface area contributed by atoms with Crippen molar-refractivity contribution in [3.05, 3.63) is 35.9 Å². The number of carboxylic acid groups (broad SMARTS) is 1. The summed E-state index contributed by atoms with van der Waals surface area (Å²) in [7, 11) is 0. The van der Waals surface area contributed by atoms with Crippen molar-refractivity contribution in [1.82, 2.24) is 9.80 Å². The highest BCUT2D eigenvalue weighted by atomic mass is 16.4. The molecule has 1 aromatic carbocycles. The van der Waals surface area contributed by atoms with Gasteiger partial charge >= 0.3 is 5.97 Å². The van der Waals surface area contributed by atoms with Crippen LogP contribution >= 0.6 is 0 Å². The lowest BCUT2D eigenvalue weighted by molar-refractivity contribution is -0.138. The predicted octanol–water partition coefficient (Wildman–Crippen LogP) is 1.83. The van der Waals surface area contributed by atoms with E-state index in [0.717, 1.165) is 5.56 Å². The number of likely N-dealkylation sites (N-methyl/N-ethyl adjacent to an activating group) is 1. The van der Waals surface area contributed by atoms with Crippen LogP contribution in [0.3, 0.4) is 0 Å². The molecule has 0 saturated heterocycles. The van der Waals surface area contributed by atoms with Crippen molar-refractivity contribution in [3.8, 4) is 0 Å². The lowest BCUT2D eigenvalue weighted by Crippen LogP contribution is -2.40. The Labute approximate surface area is 126 Å². The number of carboxylic acids is 1. The Hall–Kier alpha value is -1.88. The Morgan fingerprint density at radius 1 is 1.10 bits per heavy atom. The number of aliphatic carboxylic acids is 1. The number of hydrogen-bond acceptors (Lipinski definition) is 3. The molecule has 0 spiro atoms. The number of amides is 1. The van der Waals surface area contributed by atoms with E-state index in [4.69, 9.17) is 5.11 Å². The number of nitrogens with zero attached hydrogens (tertiary/aromatic N) is 2. The van der Waals surface area contributed by atoms with Gasteiger partial charge in [0.25, 0.3) is 0 Å². The van der Waals surface area contributed by atoms with Crippen LogP contribution in [0.2, 0.25) is 0 Å². The zero-order valence-electron chi connectivity index (χ0n) is 12.8. The average Bonchev–Trinajstić information content (AvgIpc) is 2.47. The van der Waals surface area contributed by atoms with Gasteiger partial charge in [0.05, 0.1) is 13.0 Å². The minimum atomic E-state index is -0.844. The topological polar surface area (TPSA) is 60.9 Å². The summed E-state index contributed by atoms with van der Waals surface area (Å²) in [6.45, 7) is 6.45. The summed E-state index contributed by atoms with van der Waals surface area (Å²) in [5.74, 6) is -0.801. The molecular weight excluding hydrogens is 268 g/mol. The van der Waals surface area contributed by atoms with Crippen LogP contribution in [0.15, 0.2) is 30.3 Å². The Morgan fingerprint density at radius 3 is 2.24 bits per heavy atom. The third-order valence-corrected chi connectivity index (χ3v) is 3.37. The van der Waals surface area contributed by atoms with Gasteiger partial charge < -0.3 is 10.0 Å². The van der Waals surface area contributed by atoms with Crippen molar-refractivity contribution in [2.75, 3.05) is 26.2 Å². The van der Waals surface area contributed by atoms with Crippen LogP contribution in [-0.2, 0) is 16.1 Å². The van der Waals surface area contributed by atoms with E-state index in [0.29, 0.717) is 26.2 Å². The summed E-state index contributed by atoms with van der Waals surface area (Å²) in [6.07, 6.45) is 0.0400. The van der Waals surface area contributed by atoms with E-state index in [9.17, 15) is 9.59 Å². The van der Waals surface area contributed by atoms with Crippen molar-refractivity contribution in [2.24, 2.45) is 0 Å². The fourth-order valence-electron chi connectivity index (χ4n) is 2.18. The van der Waals surface area contributed by atoms with Crippen LogP contribution in [0.1, 0.15) is 25.8 Å². The van der Waals surface area contributed by atoms with Gasteiger partial charge in [-0.3, -0.25) is 14.5 Å². The zero-order valence-corrected chi connectivity index (χ0v) is 12.8. The molecule has 0 aliphatic heterocycles. The van der Waals surface area contributed by atoms with Gasteiger partial charge in [-0.05, 0) is 19.4 Å². The van der Waals surface area contributed by atoms with Crippen molar-refractivity contribution in [3.63, 3.8) is 0 Å². The molecule has 0 aliphatic rings. The van der Waals surface area contributed by atoms with E-state index in [2.05, 4.69) is 0 Å². The van der Waals surface area contributed by atoms with Crippen LogP contribution in [0, 0.1) is 0 Å². The smallest absolute Gasteiger partial charge is 0.304 e. The lowest BCUT2D eigenvalue weighted by Gasteiger charge is -2.25. The third kappa shape index (κ3) is 6.40. The number of carbonyl (C=O) groups is 2. The molecule has 1 aromatic rings. The molecule has 0 aromatic heterocycles. The van der Waals surface area contributed by atoms with Gasteiger partial charge in [-0.2, -0.15) is 0 Å². The maximum Gasteiger partial charge on any atom is 0.304 e. The van der Waals surface area contributed by atoms with Crippen LogP contribution in [-0.4, -0.2) is 53.0 Å². The summed E-state index contributed by atoms with van der Waals surface area (Å²) in [6, 6.07) is 9.78. The minimum Gasteiger partial charge on any atom is -0.481 e. The fourth-order valence-corrected chi connectivity index (χ4v) is 2.18. The second-order valence-electron chi connectivity index (χ2n) is 4.91. The zero-order chi connectivity index (χ0) is 15.7. The summed E-state index contributed by atoms with van der Waals surface area (Å²) in [5, 5.41) is 8.84. The SMILES string of the molecule is CCN(CC)C(=O)CN(CCC(=O)O)Cc1ccccc1. The van der Waals surface area contributed by atoms with Gasteiger partial charge in [-0.15, -0.1) is 0 Å². The number of hydrogen-bond donors (Lipinski definition) is 1. The van der Waals surface area contributed by atoms with Crippen molar-refractivity contribution < 1.29 is 14.7 Å². The van der Waals surface area contributed by atoms with Crippen LogP contribution < -0.4 is 0 Å². The highest BCUT2D eigenvalue weighted by Gasteiger charge is 2.16. The normalized spacial score (nSPS) is 10.6. The Kier molecular flexibility index (Phi) is 7.46. The van der Waals surface area contributed by atoms with E-state index in [1.165, 1.54) is 0 Å².